The molecule has 2 N–H and O–H groups in total. The number of carbonyl (C=O) groups is 3. The first-order valence-electron chi connectivity index (χ1n) is 6.61. The molecule has 0 fully saturated rings. The molecule has 0 saturated heterocycles. The SMILES string of the molecule is CC(C)NC(=O)NC(=O)COC(=O)CSc1cc(F)ccc1F. The second-order valence-electron chi connectivity index (χ2n) is 4.70. The Balaban J connectivity index is 2.33. The van der Waals surface area contributed by atoms with Crippen molar-refractivity contribution in [3.8, 4) is 0 Å². The molecule has 6 nitrogen and oxygen atoms in total. The van der Waals surface area contributed by atoms with E-state index in [0.717, 1.165) is 30.0 Å². The molecule has 23 heavy (non-hydrogen) atoms. The lowest BCUT2D eigenvalue weighted by molar-refractivity contribution is -0.145. The third-order valence-electron chi connectivity index (χ3n) is 2.28. The van der Waals surface area contributed by atoms with Crippen molar-refractivity contribution >= 4 is 29.7 Å². The molecule has 1 aromatic carbocycles. The Morgan fingerprint density at radius 3 is 2.61 bits per heavy atom. The van der Waals surface area contributed by atoms with Crippen molar-refractivity contribution in [2.24, 2.45) is 0 Å². The predicted molar refractivity (Wildman–Crippen MR) is 79.9 cm³/mol. The molecule has 0 radical (unpaired) electrons. The molecule has 0 unspecified atom stereocenters. The summed E-state index contributed by atoms with van der Waals surface area (Å²) >= 11 is 0.743. The maximum Gasteiger partial charge on any atom is 0.321 e. The van der Waals surface area contributed by atoms with E-state index in [4.69, 9.17) is 0 Å². The standard InChI is InChI=1S/C14H16F2N2O4S/c1-8(2)17-14(21)18-12(19)6-22-13(20)7-23-11-5-9(15)3-4-10(11)16/h3-5,8H,6-7H2,1-2H3,(H2,17,18,19,21). The van der Waals surface area contributed by atoms with Gasteiger partial charge >= 0.3 is 12.0 Å². The zero-order valence-electron chi connectivity index (χ0n) is 12.5. The number of carbonyl (C=O) groups excluding carboxylic acids is 3. The van der Waals surface area contributed by atoms with Gasteiger partial charge in [-0.2, -0.15) is 0 Å². The molecular formula is C14H16F2N2O4S. The van der Waals surface area contributed by atoms with Crippen LogP contribution in [0.3, 0.4) is 0 Å². The minimum Gasteiger partial charge on any atom is -0.455 e. The normalized spacial score (nSPS) is 10.3. The average Bonchev–Trinajstić information content (AvgIpc) is 2.45. The van der Waals surface area contributed by atoms with Crippen LogP contribution in [-0.4, -0.2) is 36.3 Å². The van der Waals surface area contributed by atoms with E-state index in [0.29, 0.717) is 0 Å². The quantitative estimate of drug-likeness (QED) is 0.606. The third kappa shape index (κ3) is 7.59. The van der Waals surface area contributed by atoms with Crippen molar-refractivity contribution in [2.45, 2.75) is 24.8 Å². The second-order valence-corrected chi connectivity index (χ2v) is 5.72. The van der Waals surface area contributed by atoms with E-state index in [1.165, 1.54) is 0 Å². The highest BCUT2D eigenvalue weighted by molar-refractivity contribution is 8.00. The number of rotatable bonds is 6. The fourth-order valence-corrected chi connectivity index (χ4v) is 2.13. The number of nitrogens with one attached hydrogen (secondary N) is 2. The van der Waals surface area contributed by atoms with Crippen LogP contribution in [-0.2, 0) is 14.3 Å². The fourth-order valence-electron chi connectivity index (χ4n) is 1.37. The van der Waals surface area contributed by atoms with E-state index in [1.54, 1.807) is 13.8 Å². The summed E-state index contributed by atoms with van der Waals surface area (Å²) < 4.78 is 30.9. The number of amides is 3. The van der Waals surface area contributed by atoms with E-state index >= 15 is 0 Å². The van der Waals surface area contributed by atoms with Gasteiger partial charge in [0.1, 0.15) is 11.6 Å². The first kappa shape index (κ1) is 18.9. The minimum atomic E-state index is -0.793. The lowest BCUT2D eigenvalue weighted by Crippen LogP contribution is -2.44. The van der Waals surface area contributed by atoms with Gasteiger partial charge in [-0.25, -0.2) is 13.6 Å². The van der Waals surface area contributed by atoms with Gasteiger partial charge in [0.2, 0.25) is 0 Å². The summed E-state index contributed by atoms with van der Waals surface area (Å²) in [5.41, 5.74) is 0. The van der Waals surface area contributed by atoms with Crippen molar-refractivity contribution in [3.05, 3.63) is 29.8 Å². The number of imide groups is 1. The molecule has 0 bridgehead atoms. The van der Waals surface area contributed by atoms with Crippen LogP contribution in [0.5, 0.6) is 0 Å². The van der Waals surface area contributed by atoms with Crippen LogP contribution < -0.4 is 10.6 Å². The van der Waals surface area contributed by atoms with E-state index in [2.05, 4.69) is 10.1 Å². The molecule has 1 rings (SSSR count). The molecular weight excluding hydrogens is 330 g/mol. The number of thioether (sulfide) groups is 1. The molecule has 1 aromatic rings. The highest BCUT2D eigenvalue weighted by Gasteiger charge is 2.13. The minimum absolute atomic E-state index is 0.0392. The molecule has 0 saturated carbocycles. The summed E-state index contributed by atoms with van der Waals surface area (Å²) in [6, 6.07) is 2.02. The molecule has 126 valence electrons. The fraction of sp³-hybridized carbons (Fsp3) is 0.357. The van der Waals surface area contributed by atoms with Gasteiger partial charge in [-0.05, 0) is 32.0 Å². The maximum atomic E-state index is 13.3. The van der Waals surface area contributed by atoms with Crippen LogP contribution in [0.25, 0.3) is 0 Å². The van der Waals surface area contributed by atoms with Crippen LogP contribution >= 0.6 is 11.8 Å². The van der Waals surface area contributed by atoms with Crippen LogP contribution in [0.4, 0.5) is 13.6 Å². The Morgan fingerprint density at radius 1 is 1.26 bits per heavy atom. The zero-order valence-corrected chi connectivity index (χ0v) is 13.3. The highest BCUT2D eigenvalue weighted by Crippen LogP contribution is 2.22. The third-order valence-corrected chi connectivity index (χ3v) is 3.28. The Morgan fingerprint density at radius 2 is 1.96 bits per heavy atom. The largest absolute Gasteiger partial charge is 0.455 e. The Bertz CT molecular complexity index is 596. The number of urea groups is 1. The predicted octanol–water partition coefficient (Wildman–Crippen LogP) is 1.83. The van der Waals surface area contributed by atoms with E-state index in [1.807, 2.05) is 5.32 Å². The molecule has 3 amide bonds. The Labute approximate surface area is 136 Å². The van der Waals surface area contributed by atoms with E-state index in [9.17, 15) is 23.2 Å². The van der Waals surface area contributed by atoms with Crippen molar-refractivity contribution in [3.63, 3.8) is 0 Å². The van der Waals surface area contributed by atoms with Crippen LogP contribution in [0.1, 0.15) is 13.8 Å². The zero-order chi connectivity index (χ0) is 17.4. The van der Waals surface area contributed by atoms with Gasteiger partial charge in [-0.15, -0.1) is 11.8 Å². The molecule has 0 atom stereocenters. The van der Waals surface area contributed by atoms with Gasteiger partial charge in [0.25, 0.3) is 5.91 Å². The van der Waals surface area contributed by atoms with Crippen LogP contribution in [0.15, 0.2) is 23.1 Å². The highest BCUT2D eigenvalue weighted by atomic mass is 32.2. The summed E-state index contributed by atoms with van der Waals surface area (Å²) in [5.74, 6) is -3.17. The first-order chi connectivity index (χ1) is 10.8. The first-order valence-corrected chi connectivity index (χ1v) is 7.60. The number of ether oxygens (including phenoxy) is 1. The summed E-state index contributed by atoms with van der Waals surface area (Å²) in [4.78, 5) is 34.0. The van der Waals surface area contributed by atoms with Gasteiger partial charge in [-0.1, -0.05) is 0 Å². The summed E-state index contributed by atoms with van der Waals surface area (Å²) in [6.45, 7) is 2.79. The summed E-state index contributed by atoms with van der Waals surface area (Å²) in [6.07, 6.45) is 0. The van der Waals surface area contributed by atoms with Gasteiger partial charge in [0.05, 0.1) is 5.75 Å². The topological polar surface area (TPSA) is 84.5 Å². The lowest BCUT2D eigenvalue weighted by Gasteiger charge is -2.09. The number of hydrogen-bond acceptors (Lipinski definition) is 5. The molecule has 0 aromatic heterocycles. The second kappa shape index (κ2) is 9.09. The van der Waals surface area contributed by atoms with Crippen LogP contribution in [0, 0.1) is 11.6 Å². The van der Waals surface area contributed by atoms with E-state index in [-0.39, 0.29) is 16.7 Å². The molecule has 0 heterocycles. The molecule has 0 aliphatic rings. The number of hydrogen-bond donors (Lipinski definition) is 2. The van der Waals surface area contributed by atoms with Gasteiger partial charge in [-0.3, -0.25) is 14.9 Å². The Hall–Kier alpha value is -2.16. The molecule has 0 aliphatic heterocycles. The van der Waals surface area contributed by atoms with Crippen LogP contribution in [0.2, 0.25) is 0 Å². The molecule has 0 aliphatic carbocycles. The van der Waals surface area contributed by atoms with Crippen molar-refractivity contribution in [1.82, 2.24) is 10.6 Å². The average molecular weight is 346 g/mol. The smallest absolute Gasteiger partial charge is 0.321 e. The number of esters is 1. The summed E-state index contributed by atoms with van der Waals surface area (Å²) in [5, 5.41) is 4.40. The monoisotopic (exact) mass is 346 g/mol. The van der Waals surface area contributed by atoms with Crippen molar-refractivity contribution in [1.29, 1.82) is 0 Å². The molecule has 9 heteroatoms. The Kier molecular flexibility index (Phi) is 7.46. The number of halogens is 2. The number of benzene rings is 1. The summed E-state index contributed by atoms with van der Waals surface area (Å²) in [7, 11) is 0. The van der Waals surface area contributed by atoms with Gasteiger partial charge < -0.3 is 10.1 Å². The maximum absolute atomic E-state index is 13.3. The van der Waals surface area contributed by atoms with Crippen molar-refractivity contribution < 1.29 is 27.9 Å². The van der Waals surface area contributed by atoms with Crippen molar-refractivity contribution in [2.75, 3.05) is 12.4 Å². The van der Waals surface area contributed by atoms with E-state index < -0.39 is 36.1 Å². The van der Waals surface area contributed by atoms with Gasteiger partial charge in [0, 0.05) is 10.9 Å². The van der Waals surface area contributed by atoms with Gasteiger partial charge in [0.15, 0.2) is 6.61 Å². The molecule has 0 spiro atoms. The lowest BCUT2D eigenvalue weighted by atomic mass is 10.3.